The van der Waals surface area contributed by atoms with Crippen LogP contribution in [0.3, 0.4) is 0 Å². The van der Waals surface area contributed by atoms with E-state index in [2.05, 4.69) is 31.4 Å². The molecule has 1 heterocycles. The Kier molecular flexibility index (Phi) is 5.21. The van der Waals surface area contributed by atoms with Gasteiger partial charge < -0.3 is 15.4 Å². The fraction of sp³-hybridized carbons (Fsp3) is 0.579. The van der Waals surface area contributed by atoms with Crippen molar-refractivity contribution in [1.29, 1.82) is 0 Å². The van der Waals surface area contributed by atoms with Gasteiger partial charge in [0.1, 0.15) is 5.75 Å². The second-order valence-corrected chi connectivity index (χ2v) is 8.33. The van der Waals surface area contributed by atoms with Crippen LogP contribution < -0.4 is 15.4 Å². The molecule has 5 nitrogen and oxygen atoms in total. The molecular weight excluding hydrogens is 304 g/mol. The minimum atomic E-state index is -0.279. The lowest BCUT2D eigenvalue weighted by molar-refractivity contribution is -0.125. The number of benzene rings is 1. The number of amides is 2. The van der Waals surface area contributed by atoms with Crippen molar-refractivity contribution in [1.82, 2.24) is 5.32 Å². The molecule has 0 aliphatic carbocycles. The lowest BCUT2D eigenvalue weighted by Crippen LogP contribution is -2.47. The van der Waals surface area contributed by atoms with Crippen LogP contribution in [0.25, 0.3) is 0 Å². The Morgan fingerprint density at radius 2 is 1.92 bits per heavy atom. The Hall–Kier alpha value is -2.04. The normalized spacial score (nSPS) is 14.6. The van der Waals surface area contributed by atoms with Gasteiger partial charge in [-0.1, -0.05) is 20.8 Å². The summed E-state index contributed by atoms with van der Waals surface area (Å²) in [4.78, 5) is 23.5. The molecule has 0 spiro atoms. The minimum Gasteiger partial charge on any atom is -0.484 e. The predicted octanol–water partition coefficient (Wildman–Crippen LogP) is 3.28. The van der Waals surface area contributed by atoms with E-state index in [-0.39, 0.29) is 29.4 Å². The molecule has 24 heavy (non-hydrogen) atoms. The average Bonchev–Trinajstić information content (AvgIpc) is 2.41. The zero-order valence-corrected chi connectivity index (χ0v) is 15.3. The molecule has 5 heteroatoms. The van der Waals surface area contributed by atoms with E-state index in [1.54, 1.807) is 6.07 Å². The summed E-state index contributed by atoms with van der Waals surface area (Å²) in [5, 5.41) is 5.86. The first-order valence-electron chi connectivity index (χ1n) is 8.41. The van der Waals surface area contributed by atoms with Crippen LogP contribution in [0.4, 0.5) is 5.69 Å². The molecule has 2 rings (SSSR count). The van der Waals surface area contributed by atoms with Gasteiger partial charge in [-0.15, -0.1) is 0 Å². The second kappa shape index (κ2) is 6.83. The van der Waals surface area contributed by atoms with Crippen LogP contribution in [0.15, 0.2) is 18.2 Å². The van der Waals surface area contributed by atoms with Crippen LogP contribution in [0.1, 0.15) is 53.0 Å². The monoisotopic (exact) mass is 332 g/mol. The number of hydrogen-bond acceptors (Lipinski definition) is 3. The molecule has 0 aromatic heterocycles. The topological polar surface area (TPSA) is 67.4 Å². The molecule has 132 valence electrons. The summed E-state index contributed by atoms with van der Waals surface area (Å²) in [6, 6.07) is 5.49. The molecule has 0 saturated heterocycles. The fourth-order valence-electron chi connectivity index (χ4n) is 3.38. The minimum absolute atomic E-state index is 0.0152. The van der Waals surface area contributed by atoms with Gasteiger partial charge in [-0.05, 0) is 55.9 Å². The maximum absolute atomic E-state index is 12.2. The maximum atomic E-state index is 12.2. The number of ether oxygens (including phenoxy) is 1. The quantitative estimate of drug-likeness (QED) is 0.869. The van der Waals surface area contributed by atoms with Crippen LogP contribution in [-0.2, 0) is 16.0 Å². The number of carbonyl (C=O) groups is 2. The molecule has 0 unspecified atom stereocenters. The molecule has 0 saturated carbocycles. The van der Waals surface area contributed by atoms with E-state index in [0.29, 0.717) is 18.6 Å². The first-order valence-corrected chi connectivity index (χ1v) is 8.41. The Morgan fingerprint density at radius 3 is 2.58 bits per heavy atom. The SMILES string of the molecule is CC(C)(C)CC(C)(C)NC(=O)COc1ccc2c(c1)CCC(=O)N2. The third-order valence-electron chi connectivity index (χ3n) is 3.79. The number of carbonyl (C=O) groups excluding carboxylic acids is 2. The molecule has 0 bridgehead atoms. The Morgan fingerprint density at radius 1 is 1.21 bits per heavy atom. The fourth-order valence-corrected chi connectivity index (χ4v) is 3.38. The molecule has 1 aromatic rings. The first kappa shape index (κ1) is 18.3. The van der Waals surface area contributed by atoms with Crippen LogP contribution in [0, 0.1) is 5.41 Å². The van der Waals surface area contributed by atoms with Gasteiger partial charge in [0.15, 0.2) is 6.61 Å². The zero-order chi connectivity index (χ0) is 18.0. The van der Waals surface area contributed by atoms with Gasteiger partial charge in [-0.25, -0.2) is 0 Å². The van der Waals surface area contributed by atoms with Crippen molar-refractivity contribution in [2.45, 2.75) is 59.4 Å². The highest BCUT2D eigenvalue weighted by molar-refractivity contribution is 5.94. The molecule has 2 amide bonds. The van der Waals surface area contributed by atoms with Crippen LogP contribution >= 0.6 is 0 Å². The highest BCUT2D eigenvalue weighted by Crippen LogP contribution is 2.28. The van der Waals surface area contributed by atoms with Gasteiger partial charge in [0.2, 0.25) is 5.91 Å². The van der Waals surface area contributed by atoms with Gasteiger partial charge >= 0.3 is 0 Å². The summed E-state index contributed by atoms with van der Waals surface area (Å²) in [6.45, 7) is 10.5. The van der Waals surface area contributed by atoms with E-state index >= 15 is 0 Å². The van der Waals surface area contributed by atoms with E-state index in [0.717, 1.165) is 17.7 Å². The Balaban J connectivity index is 1.89. The van der Waals surface area contributed by atoms with Gasteiger partial charge in [-0.2, -0.15) is 0 Å². The van der Waals surface area contributed by atoms with Crippen molar-refractivity contribution in [2.75, 3.05) is 11.9 Å². The Labute approximate surface area is 144 Å². The van der Waals surface area contributed by atoms with Crippen molar-refractivity contribution >= 4 is 17.5 Å². The number of hydrogen-bond donors (Lipinski definition) is 2. The van der Waals surface area contributed by atoms with Crippen molar-refractivity contribution in [3.8, 4) is 5.75 Å². The molecule has 1 aromatic carbocycles. The second-order valence-electron chi connectivity index (χ2n) is 8.33. The molecule has 0 fully saturated rings. The van der Waals surface area contributed by atoms with Crippen LogP contribution in [0.2, 0.25) is 0 Å². The summed E-state index contributed by atoms with van der Waals surface area (Å²) < 4.78 is 5.61. The van der Waals surface area contributed by atoms with Gasteiger partial charge in [0.05, 0.1) is 0 Å². The van der Waals surface area contributed by atoms with Crippen molar-refractivity contribution in [3.63, 3.8) is 0 Å². The van der Waals surface area contributed by atoms with Gasteiger partial charge in [0, 0.05) is 17.6 Å². The number of fused-ring (bicyclic) bond motifs is 1. The van der Waals surface area contributed by atoms with Crippen molar-refractivity contribution in [2.24, 2.45) is 5.41 Å². The third-order valence-corrected chi connectivity index (χ3v) is 3.79. The van der Waals surface area contributed by atoms with Crippen LogP contribution in [-0.4, -0.2) is 24.0 Å². The molecule has 1 aliphatic rings. The number of aryl methyl sites for hydroxylation is 1. The average molecular weight is 332 g/mol. The standard InChI is InChI=1S/C19H28N2O3/c1-18(2,3)12-19(4,5)21-17(23)11-24-14-7-8-15-13(10-14)6-9-16(22)20-15/h7-8,10H,6,9,11-12H2,1-5H3,(H,20,22)(H,21,23). The molecular formula is C19H28N2O3. The van der Waals surface area contributed by atoms with E-state index in [1.165, 1.54) is 0 Å². The van der Waals surface area contributed by atoms with E-state index in [9.17, 15) is 9.59 Å². The highest BCUT2D eigenvalue weighted by Gasteiger charge is 2.27. The van der Waals surface area contributed by atoms with Gasteiger partial charge in [-0.3, -0.25) is 9.59 Å². The summed E-state index contributed by atoms with van der Waals surface area (Å²) >= 11 is 0. The van der Waals surface area contributed by atoms with Crippen LogP contribution in [0.5, 0.6) is 5.75 Å². The predicted molar refractivity (Wildman–Crippen MR) is 95.2 cm³/mol. The first-order chi connectivity index (χ1) is 11.0. The lowest BCUT2D eigenvalue weighted by atomic mass is 9.82. The third kappa shape index (κ3) is 5.55. The smallest absolute Gasteiger partial charge is 0.258 e. The summed E-state index contributed by atoms with van der Waals surface area (Å²) in [5.41, 5.74) is 1.73. The summed E-state index contributed by atoms with van der Waals surface area (Å²) in [7, 11) is 0. The number of anilines is 1. The highest BCUT2D eigenvalue weighted by atomic mass is 16.5. The van der Waals surface area contributed by atoms with Crippen molar-refractivity contribution < 1.29 is 14.3 Å². The lowest BCUT2D eigenvalue weighted by Gasteiger charge is -2.33. The van der Waals surface area contributed by atoms with Gasteiger partial charge in [0.25, 0.3) is 5.91 Å². The number of rotatable bonds is 5. The maximum Gasteiger partial charge on any atom is 0.258 e. The summed E-state index contributed by atoms with van der Waals surface area (Å²) in [6.07, 6.45) is 2.06. The Bertz CT molecular complexity index is 630. The van der Waals surface area contributed by atoms with E-state index in [4.69, 9.17) is 4.74 Å². The van der Waals surface area contributed by atoms with Crippen molar-refractivity contribution in [3.05, 3.63) is 23.8 Å². The van der Waals surface area contributed by atoms with E-state index in [1.807, 2.05) is 26.0 Å². The molecule has 0 atom stereocenters. The van der Waals surface area contributed by atoms with E-state index < -0.39 is 0 Å². The largest absolute Gasteiger partial charge is 0.484 e. The molecule has 2 N–H and O–H groups in total. The summed E-state index contributed by atoms with van der Waals surface area (Å²) in [5.74, 6) is 0.556. The molecule has 1 aliphatic heterocycles. The number of nitrogens with one attached hydrogen (secondary N) is 2. The zero-order valence-electron chi connectivity index (χ0n) is 15.3. The molecule has 0 radical (unpaired) electrons.